The lowest BCUT2D eigenvalue weighted by Crippen LogP contribution is -2.10. The molecule has 1 heterocycles. The fraction of sp³-hybridized carbons (Fsp3) is 0.0870. The molecule has 8 heteroatoms. The Labute approximate surface area is 184 Å². The highest BCUT2D eigenvalue weighted by Gasteiger charge is 2.08. The molecule has 0 aliphatic carbocycles. The fourth-order valence-electron chi connectivity index (χ4n) is 2.89. The van der Waals surface area contributed by atoms with E-state index in [9.17, 15) is 0 Å². The Morgan fingerprint density at radius 2 is 1.77 bits per heavy atom. The van der Waals surface area contributed by atoms with Gasteiger partial charge < -0.3 is 9.47 Å². The lowest BCUT2D eigenvalue weighted by atomic mass is 10.2. The van der Waals surface area contributed by atoms with Crippen molar-refractivity contribution in [3.05, 3.63) is 89.2 Å². The van der Waals surface area contributed by atoms with Crippen LogP contribution in [-0.2, 0) is 0 Å². The van der Waals surface area contributed by atoms with Crippen LogP contribution in [0.15, 0.2) is 84.0 Å². The van der Waals surface area contributed by atoms with Crippen LogP contribution in [0.2, 0.25) is 0 Å². The van der Waals surface area contributed by atoms with Crippen LogP contribution in [-0.4, -0.2) is 27.7 Å². The average molecular weight is 432 g/mol. The maximum absolute atomic E-state index is 5.87. The molecule has 156 valence electrons. The maximum Gasteiger partial charge on any atom is 0.216 e. The molecule has 0 bridgehead atoms. The van der Waals surface area contributed by atoms with Crippen LogP contribution in [0.5, 0.6) is 17.2 Å². The summed E-state index contributed by atoms with van der Waals surface area (Å²) in [6.07, 6.45) is 1.69. The molecule has 0 saturated carbocycles. The van der Waals surface area contributed by atoms with Crippen LogP contribution < -0.4 is 15.0 Å². The number of aromatic nitrogens is 3. The molecular formula is C23H21N5O2S. The van der Waals surface area contributed by atoms with Crippen molar-refractivity contribution in [2.24, 2.45) is 5.10 Å². The van der Waals surface area contributed by atoms with Crippen molar-refractivity contribution in [1.82, 2.24) is 14.9 Å². The van der Waals surface area contributed by atoms with E-state index in [1.165, 1.54) is 0 Å². The number of ether oxygens (including phenoxy) is 2. The fourth-order valence-corrected chi connectivity index (χ4v) is 3.07. The molecule has 0 aliphatic heterocycles. The molecule has 0 unspecified atom stereocenters. The molecule has 0 amide bonds. The first-order chi connectivity index (χ1) is 15.2. The Balaban J connectivity index is 1.48. The van der Waals surface area contributed by atoms with Gasteiger partial charge in [-0.1, -0.05) is 30.3 Å². The number of hydrogen-bond donors (Lipinski definition) is 2. The Morgan fingerprint density at radius 3 is 2.55 bits per heavy atom. The van der Waals surface area contributed by atoms with Crippen molar-refractivity contribution in [3.8, 4) is 28.6 Å². The summed E-state index contributed by atoms with van der Waals surface area (Å²) < 4.78 is 13.4. The van der Waals surface area contributed by atoms with Gasteiger partial charge in [-0.2, -0.15) is 14.9 Å². The largest absolute Gasteiger partial charge is 0.494 e. The molecule has 4 aromatic rings. The van der Waals surface area contributed by atoms with Gasteiger partial charge in [0.15, 0.2) is 5.82 Å². The lowest BCUT2D eigenvalue weighted by Gasteiger charge is -2.07. The summed E-state index contributed by atoms with van der Waals surface area (Å²) in [6.45, 7) is 2.57. The van der Waals surface area contributed by atoms with Crippen LogP contribution in [0.4, 0.5) is 0 Å². The third-order valence-corrected chi connectivity index (χ3v) is 4.58. The summed E-state index contributed by atoms with van der Waals surface area (Å²) in [7, 11) is 0. The van der Waals surface area contributed by atoms with E-state index in [0.29, 0.717) is 17.2 Å². The van der Waals surface area contributed by atoms with E-state index in [2.05, 4.69) is 20.8 Å². The SMILES string of the molecule is CCOc1ccc(-c2n[nH]c(=S)n2NN=Cc2cccc(Oc3ccccc3)c2)cc1. The molecule has 3 aromatic carbocycles. The topological polar surface area (TPSA) is 76.5 Å². The Hall–Kier alpha value is -3.91. The second kappa shape index (κ2) is 9.73. The molecule has 0 fully saturated rings. The van der Waals surface area contributed by atoms with E-state index in [-0.39, 0.29) is 0 Å². The summed E-state index contributed by atoms with van der Waals surface area (Å²) in [5.74, 6) is 2.92. The number of para-hydroxylation sites is 1. The van der Waals surface area contributed by atoms with Crippen molar-refractivity contribution in [1.29, 1.82) is 0 Å². The van der Waals surface area contributed by atoms with Gasteiger partial charge in [-0.05, 0) is 73.2 Å². The summed E-state index contributed by atoms with van der Waals surface area (Å²) in [5.41, 5.74) is 4.68. The summed E-state index contributed by atoms with van der Waals surface area (Å²) in [6, 6.07) is 24.9. The standard InChI is InChI=1S/C23H21N5O2S/c1-2-29-19-13-11-18(12-14-19)22-25-26-23(31)28(22)27-24-16-17-7-6-10-21(15-17)30-20-8-4-3-5-9-20/h3-16,27H,2H2,1H3,(H,26,31). The number of benzene rings is 3. The molecule has 7 nitrogen and oxygen atoms in total. The first-order valence-corrected chi connectivity index (χ1v) is 10.2. The number of nitrogens with one attached hydrogen (secondary N) is 2. The van der Waals surface area contributed by atoms with Gasteiger partial charge in [0.25, 0.3) is 0 Å². The third kappa shape index (κ3) is 5.18. The van der Waals surface area contributed by atoms with Crippen molar-refractivity contribution in [3.63, 3.8) is 0 Å². The van der Waals surface area contributed by atoms with Crippen molar-refractivity contribution < 1.29 is 9.47 Å². The lowest BCUT2D eigenvalue weighted by molar-refractivity contribution is 0.340. The zero-order valence-corrected chi connectivity index (χ0v) is 17.7. The van der Waals surface area contributed by atoms with Gasteiger partial charge in [-0.25, -0.2) is 10.6 Å². The summed E-state index contributed by atoms with van der Waals surface area (Å²) in [4.78, 5) is 0. The van der Waals surface area contributed by atoms with Gasteiger partial charge in [0.05, 0.1) is 12.8 Å². The zero-order chi connectivity index (χ0) is 21.5. The number of hydrazone groups is 1. The minimum Gasteiger partial charge on any atom is -0.494 e. The van der Waals surface area contributed by atoms with Crippen LogP contribution in [0.1, 0.15) is 12.5 Å². The molecule has 0 radical (unpaired) electrons. The molecular weight excluding hydrogens is 410 g/mol. The maximum atomic E-state index is 5.87. The first-order valence-electron chi connectivity index (χ1n) is 9.75. The molecule has 0 atom stereocenters. The number of H-pyrrole nitrogens is 1. The van der Waals surface area contributed by atoms with Crippen molar-refractivity contribution in [2.75, 3.05) is 12.1 Å². The van der Waals surface area contributed by atoms with E-state index in [1.54, 1.807) is 10.9 Å². The molecule has 2 N–H and O–H groups in total. The highest BCUT2D eigenvalue weighted by Crippen LogP contribution is 2.22. The summed E-state index contributed by atoms with van der Waals surface area (Å²) >= 11 is 5.33. The van der Waals surface area contributed by atoms with E-state index in [1.807, 2.05) is 85.8 Å². The van der Waals surface area contributed by atoms with Gasteiger partial charge in [0, 0.05) is 5.56 Å². The predicted octanol–water partition coefficient (Wildman–Crippen LogP) is 5.38. The quantitative estimate of drug-likeness (QED) is 0.223. The molecule has 1 aromatic heterocycles. The number of rotatable bonds is 8. The van der Waals surface area contributed by atoms with Crippen LogP contribution in [0.25, 0.3) is 11.4 Å². The monoisotopic (exact) mass is 431 g/mol. The number of hydrogen-bond acceptors (Lipinski definition) is 6. The van der Waals surface area contributed by atoms with Crippen molar-refractivity contribution >= 4 is 18.4 Å². The second-order valence-corrected chi connectivity index (χ2v) is 6.88. The second-order valence-electron chi connectivity index (χ2n) is 6.49. The van der Waals surface area contributed by atoms with Gasteiger partial charge in [0.2, 0.25) is 4.77 Å². The molecule has 0 saturated heterocycles. The summed E-state index contributed by atoms with van der Waals surface area (Å²) in [5, 5.41) is 11.4. The first kappa shape index (κ1) is 20.4. The van der Waals surface area contributed by atoms with Crippen LogP contribution in [0.3, 0.4) is 0 Å². The normalized spacial score (nSPS) is 10.9. The third-order valence-electron chi connectivity index (χ3n) is 4.30. The smallest absolute Gasteiger partial charge is 0.216 e. The van der Waals surface area contributed by atoms with Gasteiger partial charge in [0.1, 0.15) is 17.2 Å². The number of nitrogens with zero attached hydrogens (tertiary/aromatic N) is 3. The van der Waals surface area contributed by atoms with Crippen LogP contribution in [0, 0.1) is 4.77 Å². The Morgan fingerprint density at radius 1 is 1.00 bits per heavy atom. The van der Waals surface area contributed by atoms with Gasteiger partial charge >= 0.3 is 0 Å². The van der Waals surface area contributed by atoms with Gasteiger partial charge in [-0.15, -0.1) is 0 Å². The Bertz CT molecular complexity index is 1220. The van der Waals surface area contributed by atoms with E-state index < -0.39 is 0 Å². The van der Waals surface area contributed by atoms with E-state index in [0.717, 1.165) is 28.4 Å². The number of aromatic amines is 1. The van der Waals surface area contributed by atoms with Gasteiger partial charge in [-0.3, -0.25) is 0 Å². The minimum absolute atomic E-state index is 0.405. The zero-order valence-electron chi connectivity index (χ0n) is 16.9. The highest BCUT2D eigenvalue weighted by molar-refractivity contribution is 7.71. The van der Waals surface area contributed by atoms with E-state index >= 15 is 0 Å². The van der Waals surface area contributed by atoms with Crippen LogP contribution >= 0.6 is 12.2 Å². The van der Waals surface area contributed by atoms with Crippen molar-refractivity contribution in [2.45, 2.75) is 6.92 Å². The molecule has 0 aliphatic rings. The average Bonchev–Trinajstić information content (AvgIpc) is 3.16. The Kier molecular flexibility index (Phi) is 6.39. The van der Waals surface area contributed by atoms with E-state index in [4.69, 9.17) is 21.7 Å². The molecule has 4 rings (SSSR count). The molecule has 0 spiro atoms. The minimum atomic E-state index is 0.405. The molecule has 31 heavy (non-hydrogen) atoms. The highest BCUT2D eigenvalue weighted by atomic mass is 32.1. The predicted molar refractivity (Wildman–Crippen MR) is 124 cm³/mol.